The summed E-state index contributed by atoms with van der Waals surface area (Å²) in [6.45, 7) is 6.61. The predicted molar refractivity (Wildman–Crippen MR) is 121 cm³/mol. The number of piperidine rings is 1. The van der Waals surface area contributed by atoms with Gasteiger partial charge in [-0.3, -0.25) is 4.84 Å². The van der Waals surface area contributed by atoms with E-state index in [0.717, 1.165) is 18.4 Å². The zero-order chi connectivity index (χ0) is 24.0. The lowest BCUT2D eigenvalue weighted by molar-refractivity contribution is -0.140. The summed E-state index contributed by atoms with van der Waals surface area (Å²) in [5.41, 5.74) is 0.543. The minimum Gasteiger partial charge on any atom is -0.465 e. The Labute approximate surface area is 198 Å². The summed E-state index contributed by atoms with van der Waals surface area (Å²) < 4.78 is 6.02. The minimum atomic E-state index is -0.912. The summed E-state index contributed by atoms with van der Waals surface area (Å²) in [7, 11) is 0. The van der Waals surface area contributed by atoms with Crippen LogP contribution in [0.3, 0.4) is 0 Å². The van der Waals surface area contributed by atoms with Crippen molar-refractivity contribution in [2.45, 2.75) is 82.6 Å². The number of hydrogen-bond acceptors (Lipinski definition) is 6. The predicted octanol–water partition coefficient (Wildman–Crippen LogP) is 4.17. The molecule has 3 fully saturated rings. The summed E-state index contributed by atoms with van der Waals surface area (Å²) in [5, 5.41) is 19.6. The molecular formula is C24H31N5O5. The highest BCUT2D eigenvalue weighted by Crippen LogP contribution is 2.43. The number of rotatable bonds is 6. The molecule has 2 aliphatic heterocycles. The van der Waals surface area contributed by atoms with Crippen molar-refractivity contribution in [1.29, 1.82) is 0 Å². The van der Waals surface area contributed by atoms with Crippen LogP contribution in [0.1, 0.15) is 75.8 Å². The summed E-state index contributed by atoms with van der Waals surface area (Å²) in [6, 6.07) is 9.29. The zero-order valence-corrected chi connectivity index (χ0v) is 19.8. The molecule has 5 rings (SSSR count). The van der Waals surface area contributed by atoms with Crippen LogP contribution in [0.2, 0.25) is 0 Å². The van der Waals surface area contributed by atoms with Gasteiger partial charge in [0, 0.05) is 24.0 Å². The fourth-order valence-electron chi connectivity index (χ4n) is 5.31. The third kappa shape index (κ3) is 4.11. The van der Waals surface area contributed by atoms with Crippen LogP contribution >= 0.6 is 0 Å². The minimum absolute atomic E-state index is 0.0154. The normalized spacial score (nSPS) is 26.5. The maximum atomic E-state index is 13.1. The number of amides is 3. The van der Waals surface area contributed by atoms with Crippen molar-refractivity contribution in [2.24, 2.45) is 0 Å². The third-order valence-electron chi connectivity index (χ3n) is 7.03. The molecule has 2 saturated heterocycles. The van der Waals surface area contributed by atoms with Gasteiger partial charge in [-0.05, 0) is 52.0 Å². The molecule has 0 spiro atoms. The first-order chi connectivity index (χ1) is 16.2. The molecule has 182 valence electrons. The van der Waals surface area contributed by atoms with Gasteiger partial charge in [0.2, 0.25) is 11.8 Å². The highest BCUT2D eigenvalue weighted by molar-refractivity contribution is 5.77. The Hall–Kier alpha value is -3.14. The van der Waals surface area contributed by atoms with Gasteiger partial charge in [0.15, 0.2) is 0 Å². The van der Waals surface area contributed by atoms with E-state index in [-0.39, 0.29) is 30.1 Å². The smallest absolute Gasteiger partial charge is 0.407 e. The SMILES string of the molecule is CC(C)(C)N(C(=O)O)[C@H]1C[C@H](c2nnc([C@@H]3CC[C@@H]4CN3C(=O)N4OCc3ccccc3)o2)C1. The van der Waals surface area contributed by atoms with E-state index in [1.54, 1.807) is 4.90 Å². The second kappa shape index (κ2) is 8.57. The topological polar surface area (TPSA) is 112 Å². The molecule has 3 heterocycles. The number of urea groups is 1. The molecule has 0 radical (unpaired) electrons. The molecule has 10 heteroatoms. The number of hydroxylamine groups is 2. The van der Waals surface area contributed by atoms with Crippen molar-refractivity contribution in [1.82, 2.24) is 25.1 Å². The summed E-state index contributed by atoms with van der Waals surface area (Å²) in [4.78, 5) is 33.9. The van der Waals surface area contributed by atoms with Crippen molar-refractivity contribution in [3.63, 3.8) is 0 Å². The lowest BCUT2D eigenvalue weighted by Crippen LogP contribution is -2.55. The van der Waals surface area contributed by atoms with Crippen LogP contribution < -0.4 is 0 Å². The van der Waals surface area contributed by atoms with Gasteiger partial charge < -0.3 is 19.3 Å². The first-order valence-corrected chi connectivity index (χ1v) is 11.8. The van der Waals surface area contributed by atoms with Crippen molar-refractivity contribution >= 4 is 12.1 Å². The lowest BCUT2D eigenvalue weighted by atomic mass is 9.78. The van der Waals surface area contributed by atoms with E-state index in [9.17, 15) is 14.7 Å². The van der Waals surface area contributed by atoms with Gasteiger partial charge in [0.1, 0.15) is 12.6 Å². The highest BCUT2D eigenvalue weighted by Gasteiger charge is 2.48. The molecule has 3 amide bonds. The Balaban J connectivity index is 1.21. The van der Waals surface area contributed by atoms with Gasteiger partial charge in [-0.15, -0.1) is 10.2 Å². The summed E-state index contributed by atoms with van der Waals surface area (Å²) in [5.74, 6) is 1.00. The zero-order valence-electron chi connectivity index (χ0n) is 19.8. The van der Waals surface area contributed by atoms with Gasteiger partial charge in [-0.2, -0.15) is 5.06 Å². The Morgan fingerprint density at radius 3 is 2.56 bits per heavy atom. The fraction of sp³-hybridized carbons (Fsp3) is 0.583. The van der Waals surface area contributed by atoms with Gasteiger partial charge in [-0.25, -0.2) is 9.59 Å². The molecule has 1 aromatic carbocycles. The fourth-order valence-corrected chi connectivity index (χ4v) is 5.31. The molecule has 2 bridgehead atoms. The van der Waals surface area contributed by atoms with Crippen LogP contribution in [0, 0.1) is 0 Å². The second-order valence-electron chi connectivity index (χ2n) is 10.4. The van der Waals surface area contributed by atoms with E-state index in [4.69, 9.17) is 9.25 Å². The summed E-state index contributed by atoms with van der Waals surface area (Å²) >= 11 is 0. The third-order valence-corrected chi connectivity index (χ3v) is 7.03. The van der Waals surface area contributed by atoms with Gasteiger partial charge >= 0.3 is 12.1 Å². The number of fused-ring (bicyclic) bond motifs is 2. The van der Waals surface area contributed by atoms with Crippen molar-refractivity contribution < 1.29 is 24.0 Å². The molecule has 1 aliphatic carbocycles. The lowest BCUT2D eigenvalue weighted by Gasteiger charge is -2.46. The quantitative estimate of drug-likeness (QED) is 0.676. The number of carbonyl (C=O) groups is 2. The molecule has 34 heavy (non-hydrogen) atoms. The number of nitrogens with zero attached hydrogens (tertiary/aromatic N) is 5. The van der Waals surface area contributed by atoms with Gasteiger partial charge in [0.25, 0.3) is 0 Å². The van der Waals surface area contributed by atoms with Crippen LogP contribution in [-0.4, -0.2) is 66.5 Å². The van der Waals surface area contributed by atoms with Gasteiger partial charge in [0.05, 0.1) is 6.04 Å². The van der Waals surface area contributed by atoms with Crippen LogP contribution in [0.15, 0.2) is 34.7 Å². The summed E-state index contributed by atoms with van der Waals surface area (Å²) in [6.07, 6.45) is 1.92. The Bertz CT molecular complexity index is 1050. The molecule has 1 N–H and O–H groups in total. The van der Waals surface area contributed by atoms with E-state index < -0.39 is 11.6 Å². The van der Waals surface area contributed by atoms with E-state index >= 15 is 0 Å². The monoisotopic (exact) mass is 469 g/mol. The average Bonchev–Trinajstić information content (AvgIpc) is 3.33. The maximum Gasteiger partial charge on any atom is 0.407 e. The molecular weight excluding hydrogens is 438 g/mol. The van der Waals surface area contributed by atoms with Crippen molar-refractivity contribution in [3.8, 4) is 0 Å². The first kappa shape index (κ1) is 22.6. The molecule has 1 aromatic heterocycles. The number of benzene rings is 1. The Kier molecular flexibility index (Phi) is 5.71. The van der Waals surface area contributed by atoms with Crippen molar-refractivity contribution in [3.05, 3.63) is 47.7 Å². The van der Waals surface area contributed by atoms with Crippen LogP contribution in [0.25, 0.3) is 0 Å². The van der Waals surface area contributed by atoms with E-state index in [0.29, 0.717) is 37.8 Å². The molecule has 0 unspecified atom stereocenters. The molecule has 10 nitrogen and oxygen atoms in total. The maximum absolute atomic E-state index is 13.1. The Morgan fingerprint density at radius 2 is 1.88 bits per heavy atom. The average molecular weight is 470 g/mol. The van der Waals surface area contributed by atoms with Gasteiger partial charge in [-0.1, -0.05) is 30.3 Å². The second-order valence-corrected chi connectivity index (χ2v) is 10.4. The molecule has 3 aliphatic rings. The molecule has 2 aromatic rings. The van der Waals surface area contributed by atoms with E-state index in [2.05, 4.69) is 10.2 Å². The van der Waals surface area contributed by atoms with E-state index in [1.807, 2.05) is 51.1 Å². The van der Waals surface area contributed by atoms with Crippen LogP contribution in [-0.2, 0) is 11.4 Å². The standard InChI is InChI=1S/C24H31N5O5/c1-24(2,3)28(23(31)32)18-11-16(12-18)20-25-26-21(34-20)19-10-9-17-13-27(19)22(30)29(17)33-14-15-7-5-4-6-8-15/h4-8,16-19H,9-14H2,1-3H3,(H,31,32)/t16-,17-,18-,19+/m1/s1. The molecule has 1 saturated carbocycles. The number of aromatic nitrogens is 2. The molecule has 2 atom stereocenters. The number of hydrogen-bond donors (Lipinski definition) is 1. The van der Waals surface area contributed by atoms with Crippen LogP contribution in [0.5, 0.6) is 0 Å². The Morgan fingerprint density at radius 1 is 1.18 bits per heavy atom. The largest absolute Gasteiger partial charge is 0.465 e. The number of carboxylic acid groups (broad SMARTS) is 1. The van der Waals surface area contributed by atoms with E-state index in [1.165, 1.54) is 9.96 Å². The van der Waals surface area contributed by atoms with Crippen LogP contribution in [0.4, 0.5) is 9.59 Å². The highest BCUT2D eigenvalue weighted by atomic mass is 16.7. The number of carbonyl (C=O) groups excluding carboxylic acids is 1. The first-order valence-electron chi connectivity index (χ1n) is 11.8. The van der Waals surface area contributed by atoms with Crippen molar-refractivity contribution in [2.75, 3.05) is 6.54 Å².